The Morgan fingerprint density at radius 2 is 1.76 bits per heavy atom. The van der Waals surface area contributed by atoms with Gasteiger partial charge in [-0.05, 0) is 54.0 Å². The molecule has 1 aromatic rings. The van der Waals surface area contributed by atoms with Crippen LogP contribution in [0.4, 0.5) is 5.82 Å². The molecule has 0 saturated carbocycles. The van der Waals surface area contributed by atoms with E-state index >= 15 is 0 Å². The Balaban J connectivity index is 1.51. The molecular formula is C20H38N4O4S. The summed E-state index contributed by atoms with van der Waals surface area (Å²) < 4.78 is 31.6. The van der Waals surface area contributed by atoms with Gasteiger partial charge in [0.1, 0.15) is 0 Å². The molecule has 2 heterocycles. The third-order valence-electron chi connectivity index (χ3n) is 4.50. The summed E-state index contributed by atoms with van der Waals surface area (Å²) in [7, 11) is 0. The Bertz CT molecular complexity index is 571. The summed E-state index contributed by atoms with van der Waals surface area (Å²) in [6.07, 6.45) is 1.79. The fourth-order valence-electron chi connectivity index (χ4n) is 2.80. The van der Waals surface area contributed by atoms with Crippen LogP contribution in [0, 0.1) is 0 Å². The number of rotatable bonds is 13. The molecule has 0 unspecified atom stereocenters. The van der Waals surface area contributed by atoms with E-state index in [4.69, 9.17) is 18.9 Å². The van der Waals surface area contributed by atoms with Crippen LogP contribution in [0.1, 0.15) is 47.5 Å². The van der Waals surface area contributed by atoms with Crippen molar-refractivity contribution >= 4 is 17.5 Å². The Labute approximate surface area is 179 Å². The minimum Gasteiger partial charge on any atom is -0.474 e. The van der Waals surface area contributed by atoms with Crippen LogP contribution in [0.2, 0.25) is 0 Å². The van der Waals surface area contributed by atoms with Gasteiger partial charge in [-0.3, -0.25) is 0 Å². The zero-order valence-corrected chi connectivity index (χ0v) is 19.5. The number of nitrogens with one attached hydrogen (secondary N) is 1. The molecule has 0 atom stereocenters. The monoisotopic (exact) mass is 430 g/mol. The molecule has 0 spiro atoms. The summed E-state index contributed by atoms with van der Waals surface area (Å²) in [4.78, 5) is 2.17. The molecule has 1 saturated heterocycles. The SMILES string of the molecule is CC(C)(C)OCCC(C)(C)OCCNCCCOc1nsnc1N1CCOCC1. The molecule has 29 heavy (non-hydrogen) atoms. The molecule has 0 bridgehead atoms. The number of hydrogen-bond donors (Lipinski definition) is 1. The number of morpholine rings is 1. The molecule has 0 radical (unpaired) electrons. The predicted molar refractivity (Wildman–Crippen MR) is 116 cm³/mol. The van der Waals surface area contributed by atoms with Gasteiger partial charge in [0.25, 0.3) is 5.88 Å². The van der Waals surface area contributed by atoms with E-state index in [9.17, 15) is 0 Å². The van der Waals surface area contributed by atoms with Crippen molar-refractivity contribution in [2.45, 2.75) is 58.7 Å². The lowest BCUT2D eigenvalue weighted by Crippen LogP contribution is -2.36. The average Bonchev–Trinajstić information content (AvgIpc) is 3.12. The molecule has 2 rings (SSSR count). The zero-order chi connectivity index (χ0) is 21.2. The van der Waals surface area contributed by atoms with E-state index in [0.717, 1.165) is 58.1 Å². The maximum absolute atomic E-state index is 5.99. The second-order valence-electron chi connectivity index (χ2n) is 8.76. The molecule has 1 N–H and O–H groups in total. The third-order valence-corrected chi connectivity index (χ3v) is 5.00. The predicted octanol–water partition coefficient (Wildman–Crippen LogP) is 2.73. The van der Waals surface area contributed by atoms with Gasteiger partial charge in [0.2, 0.25) is 5.82 Å². The van der Waals surface area contributed by atoms with Crippen LogP contribution >= 0.6 is 11.7 Å². The lowest BCUT2D eigenvalue weighted by Gasteiger charge is -2.28. The Kier molecular flexibility index (Phi) is 10.0. The zero-order valence-electron chi connectivity index (χ0n) is 18.7. The van der Waals surface area contributed by atoms with Crippen LogP contribution in [-0.4, -0.2) is 79.2 Å². The second-order valence-corrected chi connectivity index (χ2v) is 9.29. The summed E-state index contributed by atoms with van der Waals surface area (Å²) in [5.74, 6) is 1.48. The highest BCUT2D eigenvalue weighted by Gasteiger charge is 2.21. The first-order valence-corrected chi connectivity index (χ1v) is 11.3. The van der Waals surface area contributed by atoms with E-state index in [1.807, 2.05) is 0 Å². The maximum Gasteiger partial charge on any atom is 0.270 e. The van der Waals surface area contributed by atoms with Crippen molar-refractivity contribution in [1.29, 1.82) is 0 Å². The lowest BCUT2D eigenvalue weighted by molar-refractivity contribution is -0.0654. The van der Waals surface area contributed by atoms with Crippen LogP contribution in [0.15, 0.2) is 0 Å². The van der Waals surface area contributed by atoms with Gasteiger partial charge in [0.15, 0.2) is 0 Å². The molecular weight excluding hydrogens is 392 g/mol. The van der Waals surface area contributed by atoms with E-state index in [1.165, 1.54) is 11.7 Å². The number of anilines is 1. The summed E-state index contributed by atoms with van der Waals surface area (Å²) in [5, 5.41) is 3.40. The quantitative estimate of drug-likeness (QED) is 0.479. The molecule has 8 nitrogen and oxygen atoms in total. The highest BCUT2D eigenvalue weighted by molar-refractivity contribution is 6.99. The van der Waals surface area contributed by atoms with E-state index in [1.54, 1.807) is 0 Å². The molecule has 1 aliphatic heterocycles. The van der Waals surface area contributed by atoms with Gasteiger partial charge >= 0.3 is 0 Å². The Hall–Kier alpha value is -1.00. The highest BCUT2D eigenvalue weighted by atomic mass is 32.1. The fraction of sp³-hybridized carbons (Fsp3) is 0.900. The first kappa shape index (κ1) is 24.3. The van der Waals surface area contributed by atoms with Gasteiger partial charge in [-0.25, -0.2) is 0 Å². The van der Waals surface area contributed by atoms with Crippen LogP contribution in [0.3, 0.4) is 0 Å². The van der Waals surface area contributed by atoms with Gasteiger partial charge in [0.05, 0.1) is 49.4 Å². The van der Waals surface area contributed by atoms with Crippen molar-refractivity contribution in [3.8, 4) is 5.88 Å². The van der Waals surface area contributed by atoms with Crippen LogP contribution in [0.5, 0.6) is 5.88 Å². The topological polar surface area (TPSA) is 78.0 Å². The van der Waals surface area contributed by atoms with Gasteiger partial charge in [-0.2, -0.15) is 4.37 Å². The smallest absolute Gasteiger partial charge is 0.270 e. The number of nitrogens with zero attached hydrogens (tertiary/aromatic N) is 3. The van der Waals surface area contributed by atoms with Crippen molar-refractivity contribution in [2.75, 3.05) is 64.1 Å². The molecule has 9 heteroatoms. The molecule has 1 aliphatic rings. The normalized spacial score (nSPS) is 15.7. The van der Waals surface area contributed by atoms with E-state index in [-0.39, 0.29) is 11.2 Å². The third kappa shape index (κ3) is 10.0. The fourth-order valence-corrected chi connectivity index (χ4v) is 3.32. The number of aromatic nitrogens is 2. The van der Waals surface area contributed by atoms with Crippen molar-refractivity contribution in [1.82, 2.24) is 14.1 Å². The van der Waals surface area contributed by atoms with Crippen LogP contribution in [0.25, 0.3) is 0 Å². The molecule has 1 aromatic heterocycles. The summed E-state index contributed by atoms with van der Waals surface area (Å²) in [5.41, 5.74) is -0.277. The molecule has 0 aromatic carbocycles. The van der Waals surface area contributed by atoms with Crippen LogP contribution < -0.4 is 15.0 Å². The van der Waals surface area contributed by atoms with E-state index in [2.05, 4.69) is 53.6 Å². The first-order valence-electron chi connectivity index (χ1n) is 10.5. The van der Waals surface area contributed by atoms with E-state index in [0.29, 0.717) is 25.7 Å². The largest absolute Gasteiger partial charge is 0.474 e. The van der Waals surface area contributed by atoms with Gasteiger partial charge in [-0.1, -0.05) is 0 Å². The van der Waals surface area contributed by atoms with E-state index < -0.39 is 0 Å². The number of hydrogen-bond acceptors (Lipinski definition) is 9. The highest BCUT2D eigenvalue weighted by Crippen LogP contribution is 2.26. The molecule has 0 aliphatic carbocycles. The summed E-state index contributed by atoms with van der Waals surface area (Å²) >= 11 is 1.20. The standard InChI is InChI=1S/C20H38N4O4S/c1-19(2,3)27-13-7-20(4,5)28-14-9-21-8-6-12-26-18-17(22-29-23-18)24-10-15-25-16-11-24/h21H,6-16H2,1-5H3. The maximum atomic E-state index is 5.99. The van der Waals surface area contributed by atoms with Gasteiger partial charge < -0.3 is 29.2 Å². The second kappa shape index (κ2) is 12.0. The summed E-state index contributed by atoms with van der Waals surface area (Å²) in [6, 6.07) is 0. The van der Waals surface area contributed by atoms with Gasteiger partial charge in [-0.15, -0.1) is 4.37 Å². The molecule has 1 fully saturated rings. The minimum atomic E-state index is -0.177. The Morgan fingerprint density at radius 1 is 1.00 bits per heavy atom. The number of ether oxygens (including phenoxy) is 4. The summed E-state index contributed by atoms with van der Waals surface area (Å²) in [6.45, 7) is 17.3. The lowest BCUT2D eigenvalue weighted by atomic mass is 10.1. The van der Waals surface area contributed by atoms with Crippen molar-refractivity contribution in [3.05, 3.63) is 0 Å². The van der Waals surface area contributed by atoms with Crippen molar-refractivity contribution < 1.29 is 18.9 Å². The Morgan fingerprint density at radius 3 is 2.48 bits per heavy atom. The first-order chi connectivity index (χ1) is 13.8. The van der Waals surface area contributed by atoms with Crippen molar-refractivity contribution in [2.24, 2.45) is 0 Å². The molecule has 168 valence electrons. The van der Waals surface area contributed by atoms with Crippen molar-refractivity contribution in [3.63, 3.8) is 0 Å². The average molecular weight is 431 g/mol. The minimum absolute atomic E-state index is 0.0999. The van der Waals surface area contributed by atoms with Gasteiger partial charge in [0, 0.05) is 26.2 Å². The van der Waals surface area contributed by atoms with Crippen LogP contribution in [-0.2, 0) is 14.2 Å². The molecule has 0 amide bonds.